The lowest BCUT2D eigenvalue weighted by Crippen LogP contribution is -2.30. The molecule has 0 fully saturated rings. The van der Waals surface area contributed by atoms with E-state index in [1.54, 1.807) is 11.8 Å². The van der Waals surface area contributed by atoms with E-state index in [-0.39, 0.29) is 17.0 Å². The fraction of sp³-hybridized carbons (Fsp3) is 0.333. The maximum absolute atomic E-state index is 15.2. The predicted molar refractivity (Wildman–Crippen MR) is 119 cm³/mol. The van der Waals surface area contributed by atoms with Crippen LogP contribution in [-0.4, -0.2) is 37.3 Å². The molecule has 3 aromatic heterocycles. The molecule has 180 valence electrons. The van der Waals surface area contributed by atoms with Crippen LogP contribution in [0.3, 0.4) is 0 Å². The van der Waals surface area contributed by atoms with Crippen LogP contribution in [0.15, 0.2) is 24.5 Å². The molecule has 0 bridgehead atoms. The first-order valence-corrected chi connectivity index (χ1v) is 10.8. The van der Waals surface area contributed by atoms with Crippen LogP contribution in [0.1, 0.15) is 37.2 Å². The maximum atomic E-state index is 15.2. The van der Waals surface area contributed by atoms with Crippen LogP contribution in [0.25, 0.3) is 16.7 Å². The largest absolute Gasteiger partial charge is 0.404 e. The van der Waals surface area contributed by atoms with Gasteiger partial charge in [-0.05, 0) is 51.3 Å². The lowest BCUT2D eigenvalue weighted by atomic mass is 9.92. The Morgan fingerprint density at radius 2 is 1.83 bits per heavy atom. The molecule has 35 heavy (non-hydrogen) atoms. The zero-order valence-electron chi connectivity index (χ0n) is 19.0. The third-order valence-electron chi connectivity index (χ3n) is 6.16. The molecule has 0 amide bonds. The van der Waals surface area contributed by atoms with Gasteiger partial charge in [-0.2, -0.15) is 18.2 Å². The number of fused-ring (bicyclic) bond motifs is 4. The first-order valence-electron chi connectivity index (χ1n) is 10.8. The van der Waals surface area contributed by atoms with E-state index in [1.165, 1.54) is 22.9 Å². The third-order valence-corrected chi connectivity index (χ3v) is 6.16. The van der Waals surface area contributed by atoms with Crippen molar-refractivity contribution in [2.75, 3.05) is 11.4 Å². The van der Waals surface area contributed by atoms with Gasteiger partial charge in [-0.1, -0.05) is 11.8 Å². The molecule has 0 N–H and O–H groups in total. The smallest absolute Gasteiger partial charge is 0.324 e. The fourth-order valence-corrected chi connectivity index (χ4v) is 4.12. The molecule has 5 rings (SSSR count). The van der Waals surface area contributed by atoms with Gasteiger partial charge in [0.05, 0.1) is 22.8 Å². The van der Waals surface area contributed by atoms with Crippen LogP contribution in [0.2, 0.25) is 0 Å². The highest BCUT2D eigenvalue weighted by Gasteiger charge is 2.46. The first-order chi connectivity index (χ1) is 16.5. The number of benzene rings is 1. The predicted octanol–water partition coefficient (Wildman–Crippen LogP) is 5.28. The van der Waals surface area contributed by atoms with Gasteiger partial charge in [-0.15, -0.1) is 10.2 Å². The molecule has 0 unspecified atom stereocenters. The van der Waals surface area contributed by atoms with Gasteiger partial charge in [-0.3, -0.25) is 9.38 Å². The number of rotatable bonds is 1. The Morgan fingerprint density at radius 3 is 2.57 bits per heavy atom. The second kappa shape index (κ2) is 7.86. The first kappa shape index (κ1) is 23.0. The molecule has 4 heterocycles. The monoisotopic (exact) mass is 486 g/mol. The Kier molecular flexibility index (Phi) is 5.16. The van der Waals surface area contributed by atoms with Crippen molar-refractivity contribution in [3.05, 3.63) is 53.1 Å². The van der Waals surface area contributed by atoms with Crippen LogP contribution in [-0.2, 0) is 6.42 Å². The molecule has 0 saturated carbocycles. The minimum absolute atomic E-state index is 0.0528. The van der Waals surface area contributed by atoms with E-state index in [9.17, 15) is 17.6 Å². The molecule has 1 aliphatic heterocycles. The van der Waals surface area contributed by atoms with Crippen molar-refractivity contribution in [2.45, 2.75) is 39.8 Å². The van der Waals surface area contributed by atoms with E-state index in [2.05, 4.69) is 32.0 Å². The molecular formula is C24H19F5N6. The fourth-order valence-electron chi connectivity index (χ4n) is 4.12. The summed E-state index contributed by atoms with van der Waals surface area (Å²) >= 11 is 0. The van der Waals surface area contributed by atoms with Gasteiger partial charge in [0.1, 0.15) is 17.1 Å². The summed E-state index contributed by atoms with van der Waals surface area (Å²) in [5.41, 5.74) is -0.333. The topological polar surface area (TPSA) is 59.2 Å². The molecule has 0 aliphatic carbocycles. The highest BCUT2D eigenvalue weighted by atomic mass is 19.4. The highest BCUT2D eigenvalue weighted by Crippen LogP contribution is 2.40. The van der Waals surface area contributed by atoms with Crippen LogP contribution >= 0.6 is 0 Å². The van der Waals surface area contributed by atoms with Gasteiger partial charge in [-0.25, -0.2) is 8.78 Å². The lowest BCUT2D eigenvalue weighted by Gasteiger charge is -2.31. The van der Waals surface area contributed by atoms with Crippen LogP contribution in [0, 0.1) is 35.8 Å². The number of alkyl halides is 3. The number of aromatic nitrogens is 5. The van der Waals surface area contributed by atoms with Crippen LogP contribution in [0.5, 0.6) is 0 Å². The minimum Gasteiger partial charge on any atom is -0.324 e. The summed E-state index contributed by atoms with van der Waals surface area (Å²) in [7, 11) is 0. The van der Waals surface area contributed by atoms with Crippen molar-refractivity contribution in [3.8, 4) is 11.8 Å². The Labute approximate surface area is 196 Å². The SMILES string of the molecule is Cc1nnc2nc(N3CCCc4c(C#CC(C)(C)C(F)(F)F)cncc43)c3c(F)c(F)ccc3n12. The molecule has 0 saturated heterocycles. The Morgan fingerprint density at radius 1 is 1.06 bits per heavy atom. The van der Waals surface area contributed by atoms with Gasteiger partial charge < -0.3 is 4.90 Å². The zero-order valence-corrected chi connectivity index (χ0v) is 19.0. The normalized spacial score (nSPS) is 14.2. The van der Waals surface area contributed by atoms with Gasteiger partial charge in [0.15, 0.2) is 11.6 Å². The standard InChI is InChI=1S/C24H19F5N6/c1-13-32-33-22-31-21(19-17(35(13)22)7-6-16(25)20(19)26)34-10-4-5-15-14(11-30-12-18(15)34)8-9-23(2,3)24(27,28)29/h6-7,11-12H,4-5,10H2,1-3H3. The molecule has 6 nitrogen and oxygen atoms in total. The van der Waals surface area contributed by atoms with Gasteiger partial charge >= 0.3 is 6.18 Å². The van der Waals surface area contributed by atoms with E-state index < -0.39 is 23.2 Å². The summed E-state index contributed by atoms with van der Waals surface area (Å²) in [6.07, 6.45) is -0.432. The number of nitrogens with zero attached hydrogens (tertiary/aromatic N) is 6. The molecule has 1 aromatic carbocycles. The van der Waals surface area contributed by atoms with Crippen molar-refractivity contribution in [1.29, 1.82) is 0 Å². The van der Waals surface area contributed by atoms with Crippen LogP contribution in [0.4, 0.5) is 33.5 Å². The average molecular weight is 486 g/mol. The summed E-state index contributed by atoms with van der Waals surface area (Å²) in [4.78, 5) is 10.3. The molecule has 1 aliphatic rings. The molecule has 11 heteroatoms. The van der Waals surface area contributed by atoms with Crippen molar-refractivity contribution >= 4 is 28.2 Å². The zero-order chi connectivity index (χ0) is 25.1. The van der Waals surface area contributed by atoms with Crippen molar-refractivity contribution in [1.82, 2.24) is 24.6 Å². The maximum Gasteiger partial charge on any atom is 0.404 e. The summed E-state index contributed by atoms with van der Waals surface area (Å²) in [6.45, 7) is 4.10. The summed E-state index contributed by atoms with van der Waals surface area (Å²) in [5, 5.41) is 7.99. The lowest BCUT2D eigenvalue weighted by molar-refractivity contribution is -0.190. The molecular weight excluding hydrogens is 467 g/mol. The van der Waals surface area contributed by atoms with E-state index in [0.29, 0.717) is 47.5 Å². The number of pyridine rings is 1. The molecule has 0 spiro atoms. The van der Waals surface area contributed by atoms with E-state index >= 15 is 4.39 Å². The number of hydrogen-bond donors (Lipinski definition) is 0. The van der Waals surface area contributed by atoms with Gasteiger partial charge in [0, 0.05) is 18.3 Å². The average Bonchev–Trinajstić information content (AvgIpc) is 3.19. The molecule has 0 radical (unpaired) electrons. The highest BCUT2D eigenvalue weighted by molar-refractivity contribution is 5.94. The third kappa shape index (κ3) is 3.64. The van der Waals surface area contributed by atoms with Crippen molar-refractivity contribution in [3.63, 3.8) is 0 Å². The summed E-state index contributed by atoms with van der Waals surface area (Å²) < 4.78 is 70.9. The number of aryl methyl sites for hydroxylation is 1. The Hall–Kier alpha value is -3.81. The number of hydrogen-bond acceptors (Lipinski definition) is 5. The second-order valence-corrected chi connectivity index (χ2v) is 8.89. The summed E-state index contributed by atoms with van der Waals surface area (Å²) in [5.74, 6) is 3.65. The minimum atomic E-state index is -4.50. The Balaban J connectivity index is 1.72. The van der Waals surface area contributed by atoms with Gasteiger partial charge in [0.25, 0.3) is 5.78 Å². The summed E-state index contributed by atoms with van der Waals surface area (Å²) in [6, 6.07) is 2.47. The van der Waals surface area contributed by atoms with Gasteiger partial charge in [0.2, 0.25) is 0 Å². The van der Waals surface area contributed by atoms with Crippen molar-refractivity contribution < 1.29 is 22.0 Å². The van der Waals surface area contributed by atoms with Crippen molar-refractivity contribution in [2.24, 2.45) is 5.41 Å². The molecule has 0 atom stereocenters. The van der Waals surface area contributed by atoms with E-state index in [4.69, 9.17) is 0 Å². The number of anilines is 2. The van der Waals surface area contributed by atoms with E-state index in [0.717, 1.165) is 19.9 Å². The Bertz CT molecular complexity index is 1540. The second-order valence-electron chi connectivity index (χ2n) is 8.89. The number of halogens is 5. The van der Waals surface area contributed by atoms with E-state index in [1.807, 2.05) is 0 Å². The van der Waals surface area contributed by atoms with Crippen LogP contribution < -0.4 is 4.90 Å². The quantitative estimate of drug-likeness (QED) is 0.271. The molecule has 4 aromatic rings.